The lowest BCUT2D eigenvalue weighted by molar-refractivity contribution is 0.357. The standard InChI is InChI=1S/C19H15N3O4S/c1-22-15-5-3-2-4-13(15)17-18(27(22,24)25)16(14(10-20)19(21)26-17)11-6-8-12(23)9-7-11/h2-9,16,23H,21H2,1H3/t16-/m1/s1. The maximum absolute atomic E-state index is 13.3. The van der Waals surface area contributed by atoms with E-state index in [2.05, 4.69) is 0 Å². The number of aromatic hydroxyl groups is 1. The van der Waals surface area contributed by atoms with Crippen molar-refractivity contribution in [3.05, 3.63) is 76.0 Å². The number of phenols is 1. The topological polar surface area (TPSA) is 117 Å². The Hall–Kier alpha value is -3.44. The number of fused-ring (bicyclic) bond motifs is 2. The smallest absolute Gasteiger partial charge is 0.264 e. The van der Waals surface area contributed by atoms with E-state index in [0.717, 1.165) is 0 Å². The van der Waals surface area contributed by atoms with E-state index in [9.17, 15) is 18.8 Å². The van der Waals surface area contributed by atoms with Crippen molar-refractivity contribution in [3.63, 3.8) is 0 Å². The first-order valence-electron chi connectivity index (χ1n) is 8.05. The van der Waals surface area contributed by atoms with Crippen LogP contribution in [0.2, 0.25) is 0 Å². The van der Waals surface area contributed by atoms with Crippen LogP contribution in [0.4, 0.5) is 5.69 Å². The van der Waals surface area contributed by atoms with Crippen LogP contribution in [0, 0.1) is 11.3 Å². The van der Waals surface area contributed by atoms with E-state index in [-0.39, 0.29) is 27.9 Å². The van der Waals surface area contributed by atoms with Crippen LogP contribution in [0.25, 0.3) is 5.76 Å². The number of hydrogen-bond donors (Lipinski definition) is 2. The van der Waals surface area contributed by atoms with Gasteiger partial charge >= 0.3 is 0 Å². The molecule has 2 aliphatic heterocycles. The lowest BCUT2D eigenvalue weighted by Crippen LogP contribution is -2.37. The van der Waals surface area contributed by atoms with Crippen molar-refractivity contribution in [2.24, 2.45) is 5.73 Å². The van der Waals surface area contributed by atoms with E-state index in [0.29, 0.717) is 16.8 Å². The first-order chi connectivity index (χ1) is 12.9. The summed E-state index contributed by atoms with van der Waals surface area (Å²) in [6.07, 6.45) is 0. The second-order valence-electron chi connectivity index (χ2n) is 6.20. The highest BCUT2D eigenvalue weighted by Crippen LogP contribution is 2.50. The van der Waals surface area contributed by atoms with Gasteiger partial charge in [-0.25, -0.2) is 8.42 Å². The molecule has 2 aliphatic rings. The van der Waals surface area contributed by atoms with Crippen molar-refractivity contribution in [2.75, 3.05) is 11.4 Å². The van der Waals surface area contributed by atoms with Crippen LogP contribution in [0.3, 0.4) is 0 Å². The molecule has 8 heteroatoms. The Morgan fingerprint density at radius 3 is 2.52 bits per heavy atom. The van der Waals surface area contributed by atoms with Gasteiger partial charge in [0.05, 0.1) is 11.6 Å². The molecule has 2 aromatic carbocycles. The van der Waals surface area contributed by atoms with E-state index in [1.54, 1.807) is 36.4 Å². The molecule has 136 valence electrons. The van der Waals surface area contributed by atoms with E-state index in [4.69, 9.17) is 10.5 Å². The molecule has 0 unspecified atom stereocenters. The molecule has 1 atom stereocenters. The highest BCUT2D eigenvalue weighted by Gasteiger charge is 2.46. The molecule has 2 heterocycles. The van der Waals surface area contributed by atoms with E-state index >= 15 is 0 Å². The molecular formula is C19H15N3O4S. The number of hydrogen-bond acceptors (Lipinski definition) is 6. The molecule has 2 aromatic rings. The molecule has 7 nitrogen and oxygen atoms in total. The Morgan fingerprint density at radius 2 is 1.85 bits per heavy atom. The largest absolute Gasteiger partial charge is 0.508 e. The zero-order valence-corrected chi connectivity index (χ0v) is 15.1. The van der Waals surface area contributed by atoms with Crippen LogP contribution >= 0.6 is 0 Å². The summed E-state index contributed by atoms with van der Waals surface area (Å²) in [4.78, 5) is -0.0415. The molecule has 0 amide bonds. The summed E-state index contributed by atoms with van der Waals surface area (Å²) in [6, 6.07) is 14.9. The van der Waals surface area contributed by atoms with Crippen LogP contribution in [-0.4, -0.2) is 20.6 Å². The molecule has 3 N–H and O–H groups in total. The molecule has 0 saturated carbocycles. The molecule has 0 fully saturated rings. The van der Waals surface area contributed by atoms with E-state index in [1.165, 1.54) is 23.5 Å². The Bertz CT molecular complexity index is 1160. The number of phenolic OH excluding ortho intramolecular Hbond substituents is 1. The molecule has 27 heavy (non-hydrogen) atoms. The monoisotopic (exact) mass is 381 g/mol. The third kappa shape index (κ3) is 2.36. The van der Waals surface area contributed by atoms with Gasteiger partial charge in [0.1, 0.15) is 22.3 Å². The zero-order chi connectivity index (χ0) is 19.3. The van der Waals surface area contributed by atoms with Crippen molar-refractivity contribution in [2.45, 2.75) is 5.92 Å². The average molecular weight is 381 g/mol. The fraction of sp³-hybridized carbons (Fsp3) is 0.105. The van der Waals surface area contributed by atoms with Crippen molar-refractivity contribution in [1.29, 1.82) is 5.26 Å². The average Bonchev–Trinajstić information content (AvgIpc) is 2.66. The quantitative estimate of drug-likeness (QED) is 0.783. The molecule has 0 bridgehead atoms. The zero-order valence-electron chi connectivity index (χ0n) is 14.2. The molecule has 0 spiro atoms. The van der Waals surface area contributed by atoms with E-state index in [1.807, 2.05) is 6.07 Å². The van der Waals surface area contributed by atoms with Gasteiger partial charge in [-0.3, -0.25) is 4.31 Å². The Kier molecular flexibility index (Phi) is 3.64. The van der Waals surface area contributed by atoms with Gasteiger partial charge < -0.3 is 15.6 Å². The first-order valence-corrected chi connectivity index (χ1v) is 9.49. The number of rotatable bonds is 1. The number of allylic oxidation sites excluding steroid dienone is 2. The number of ether oxygens (including phenoxy) is 1. The fourth-order valence-corrected chi connectivity index (χ4v) is 5.05. The maximum atomic E-state index is 13.3. The molecule has 0 aliphatic carbocycles. The van der Waals surface area contributed by atoms with Gasteiger partial charge in [-0.1, -0.05) is 24.3 Å². The molecule has 0 radical (unpaired) electrons. The predicted octanol–water partition coefficient (Wildman–Crippen LogP) is 2.35. The number of nitriles is 1. The predicted molar refractivity (Wildman–Crippen MR) is 99.4 cm³/mol. The molecule has 0 saturated heterocycles. The highest BCUT2D eigenvalue weighted by molar-refractivity contribution is 7.96. The summed E-state index contributed by atoms with van der Waals surface area (Å²) >= 11 is 0. The summed E-state index contributed by atoms with van der Waals surface area (Å²) in [5, 5.41) is 19.2. The van der Waals surface area contributed by atoms with Crippen molar-refractivity contribution in [1.82, 2.24) is 0 Å². The van der Waals surface area contributed by atoms with Crippen molar-refractivity contribution >= 4 is 21.5 Å². The Labute approximate surface area is 156 Å². The number of sulfonamides is 1. The second-order valence-corrected chi connectivity index (χ2v) is 8.14. The van der Waals surface area contributed by atoms with E-state index < -0.39 is 15.9 Å². The lowest BCUT2D eigenvalue weighted by Gasteiger charge is -2.36. The van der Waals surface area contributed by atoms with Crippen LogP contribution < -0.4 is 10.0 Å². The third-order valence-electron chi connectivity index (χ3n) is 4.73. The Balaban J connectivity index is 2.07. The summed E-state index contributed by atoms with van der Waals surface area (Å²) in [7, 11) is -2.51. The summed E-state index contributed by atoms with van der Waals surface area (Å²) in [6.45, 7) is 0. The van der Waals surface area contributed by atoms with Gasteiger partial charge in [0.2, 0.25) is 5.88 Å². The minimum Gasteiger partial charge on any atom is -0.508 e. The minimum absolute atomic E-state index is 0.01000. The lowest BCUT2D eigenvalue weighted by atomic mass is 9.88. The van der Waals surface area contributed by atoms with Crippen LogP contribution in [-0.2, 0) is 14.8 Å². The number of para-hydroxylation sites is 1. The summed E-state index contributed by atoms with van der Waals surface area (Å²) in [5.74, 6) is -0.910. The van der Waals surface area contributed by atoms with Gasteiger partial charge in [-0.15, -0.1) is 0 Å². The number of benzene rings is 2. The minimum atomic E-state index is -3.96. The van der Waals surface area contributed by atoms with Gasteiger partial charge in [-0.2, -0.15) is 5.26 Å². The first kappa shape index (κ1) is 17.0. The molecule has 0 aromatic heterocycles. The molecular weight excluding hydrogens is 366 g/mol. The fourth-order valence-electron chi connectivity index (χ4n) is 3.40. The number of nitrogens with zero attached hydrogens (tertiary/aromatic N) is 2. The second kappa shape index (κ2) is 5.79. The van der Waals surface area contributed by atoms with Crippen LogP contribution in [0.15, 0.2) is 64.9 Å². The van der Waals surface area contributed by atoms with Crippen LogP contribution in [0.1, 0.15) is 17.0 Å². The van der Waals surface area contributed by atoms with Crippen molar-refractivity contribution in [3.8, 4) is 11.8 Å². The number of nitrogens with two attached hydrogens (primary N) is 1. The van der Waals surface area contributed by atoms with Crippen molar-refractivity contribution < 1.29 is 18.3 Å². The summed E-state index contributed by atoms with van der Waals surface area (Å²) in [5.41, 5.74) is 7.54. The van der Waals surface area contributed by atoms with Gasteiger partial charge in [0.25, 0.3) is 10.0 Å². The van der Waals surface area contributed by atoms with Crippen LogP contribution in [0.5, 0.6) is 5.75 Å². The SMILES string of the molecule is CN1c2ccccc2C2=C([C@H](c3ccc(O)cc3)C(C#N)=C(N)O2)S1(=O)=O. The highest BCUT2D eigenvalue weighted by atomic mass is 32.2. The normalized spacial score (nSPS) is 20.4. The third-order valence-corrected chi connectivity index (χ3v) is 6.62. The molecule has 4 rings (SSSR count). The number of anilines is 1. The van der Waals surface area contributed by atoms with Gasteiger partial charge in [0, 0.05) is 12.6 Å². The van der Waals surface area contributed by atoms with Gasteiger partial charge in [0.15, 0.2) is 5.76 Å². The Morgan fingerprint density at radius 1 is 1.19 bits per heavy atom. The summed E-state index contributed by atoms with van der Waals surface area (Å²) < 4.78 is 33.4. The van der Waals surface area contributed by atoms with Gasteiger partial charge in [-0.05, 0) is 29.8 Å². The maximum Gasteiger partial charge on any atom is 0.264 e.